The third kappa shape index (κ3) is 2.71. The number of carboxylic acid groups (broad SMARTS) is 1. The lowest BCUT2D eigenvalue weighted by molar-refractivity contribution is -0.131. The highest BCUT2D eigenvalue weighted by atomic mass is 16.4. The second-order valence-electron chi connectivity index (χ2n) is 6.04. The van der Waals surface area contributed by atoms with Crippen molar-refractivity contribution in [2.24, 2.45) is 5.92 Å². The number of likely N-dealkylation sites (tertiary alicyclic amines) is 1. The molecule has 4 heteroatoms. The Labute approximate surface area is 124 Å². The monoisotopic (exact) mass is 285 g/mol. The Hall–Kier alpha value is -2.10. The van der Waals surface area contributed by atoms with Crippen LogP contribution in [0.3, 0.4) is 0 Å². The van der Waals surface area contributed by atoms with E-state index in [0.717, 1.165) is 36.6 Å². The van der Waals surface area contributed by atoms with Gasteiger partial charge < -0.3 is 10.0 Å². The lowest BCUT2D eigenvalue weighted by atomic mass is 10.0. The Morgan fingerprint density at radius 3 is 2.76 bits per heavy atom. The van der Waals surface area contributed by atoms with E-state index in [-0.39, 0.29) is 5.91 Å². The van der Waals surface area contributed by atoms with Gasteiger partial charge in [0.15, 0.2) is 0 Å². The summed E-state index contributed by atoms with van der Waals surface area (Å²) in [5.74, 6) is -0.222. The number of fused-ring (bicyclic) bond motifs is 2. The molecule has 2 bridgehead atoms. The minimum Gasteiger partial charge on any atom is -0.478 e. The second kappa shape index (κ2) is 5.35. The lowest BCUT2D eigenvalue weighted by Crippen LogP contribution is -2.38. The molecule has 1 heterocycles. The summed E-state index contributed by atoms with van der Waals surface area (Å²) in [4.78, 5) is 25.3. The minimum atomic E-state index is -0.986. The zero-order chi connectivity index (χ0) is 15.0. The number of benzene rings is 1. The predicted octanol–water partition coefficient (Wildman–Crippen LogP) is 2.72. The van der Waals surface area contributed by atoms with Gasteiger partial charge in [0.2, 0.25) is 0 Å². The van der Waals surface area contributed by atoms with Crippen molar-refractivity contribution >= 4 is 18.0 Å². The van der Waals surface area contributed by atoms with Gasteiger partial charge in [-0.15, -0.1) is 0 Å². The molecule has 1 saturated heterocycles. The minimum absolute atomic E-state index is 0.0882. The summed E-state index contributed by atoms with van der Waals surface area (Å²) in [6.07, 6.45) is 6.12. The molecule has 1 saturated carbocycles. The molecule has 2 unspecified atom stereocenters. The van der Waals surface area contributed by atoms with Crippen LogP contribution in [0, 0.1) is 12.8 Å². The molecule has 1 aromatic carbocycles. The molecule has 3 rings (SSSR count). The van der Waals surface area contributed by atoms with E-state index in [1.54, 1.807) is 6.07 Å². The Morgan fingerprint density at radius 2 is 2.14 bits per heavy atom. The number of hydrogen-bond donors (Lipinski definition) is 1. The molecular formula is C17H19NO3. The van der Waals surface area contributed by atoms with Gasteiger partial charge >= 0.3 is 5.97 Å². The van der Waals surface area contributed by atoms with Crippen LogP contribution in [0.4, 0.5) is 0 Å². The first-order chi connectivity index (χ1) is 10.0. The molecule has 1 aromatic rings. The predicted molar refractivity (Wildman–Crippen MR) is 80.0 cm³/mol. The number of hydrogen-bond acceptors (Lipinski definition) is 2. The van der Waals surface area contributed by atoms with Gasteiger partial charge in [-0.2, -0.15) is 0 Å². The highest BCUT2D eigenvalue weighted by molar-refractivity contribution is 5.97. The van der Waals surface area contributed by atoms with Crippen LogP contribution in [0.15, 0.2) is 24.3 Å². The summed E-state index contributed by atoms with van der Waals surface area (Å²) in [6.45, 7) is 2.80. The quantitative estimate of drug-likeness (QED) is 0.869. The molecule has 2 atom stereocenters. The van der Waals surface area contributed by atoms with Crippen LogP contribution in [0.25, 0.3) is 6.08 Å². The SMILES string of the molecule is Cc1ccc(C=CC(=O)O)cc1C(=O)N1CC2CCC1C2. The zero-order valence-electron chi connectivity index (χ0n) is 12.1. The van der Waals surface area contributed by atoms with Crippen LogP contribution >= 0.6 is 0 Å². The fourth-order valence-corrected chi connectivity index (χ4v) is 3.47. The number of aliphatic carboxylic acids is 1. The van der Waals surface area contributed by atoms with Crippen molar-refractivity contribution in [3.63, 3.8) is 0 Å². The zero-order valence-corrected chi connectivity index (χ0v) is 12.1. The smallest absolute Gasteiger partial charge is 0.328 e. The van der Waals surface area contributed by atoms with E-state index in [9.17, 15) is 9.59 Å². The van der Waals surface area contributed by atoms with Crippen molar-refractivity contribution in [3.05, 3.63) is 41.0 Å². The molecule has 1 amide bonds. The third-order valence-electron chi connectivity index (χ3n) is 4.58. The molecule has 110 valence electrons. The molecule has 2 aliphatic rings. The van der Waals surface area contributed by atoms with E-state index in [4.69, 9.17) is 5.11 Å². The van der Waals surface area contributed by atoms with Crippen LogP contribution < -0.4 is 0 Å². The molecule has 1 N–H and O–H groups in total. The number of amides is 1. The van der Waals surface area contributed by atoms with Crippen molar-refractivity contribution in [3.8, 4) is 0 Å². The molecule has 0 spiro atoms. The average molecular weight is 285 g/mol. The van der Waals surface area contributed by atoms with E-state index in [1.165, 1.54) is 12.5 Å². The summed E-state index contributed by atoms with van der Waals surface area (Å²) < 4.78 is 0. The van der Waals surface area contributed by atoms with Crippen molar-refractivity contribution in [2.75, 3.05) is 6.54 Å². The Kier molecular flexibility index (Phi) is 3.53. The van der Waals surface area contributed by atoms with Crippen LogP contribution in [-0.4, -0.2) is 34.5 Å². The Morgan fingerprint density at radius 1 is 1.33 bits per heavy atom. The van der Waals surface area contributed by atoms with Gasteiger partial charge in [-0.25, -0.2) is 4.79 Å². The van der Waals surface area contributed by atoms with E-state index in [2.05, 4.69) is 0 Å². The first-order valence-electron chi connectivity index (χ1n) is 7.37. The second-order valence-corrected chi connectivity index (χ2v) is 6.04. The van der Waals surface area contributed by atoms with Gasteiger partial charge in [0.1, 0.15) is 0 Å². The Balaban J connectivity index is 1.85. The fraction of sp³-hybridized carbons (Fsp3) is 0.412. The van der Waals surface area contributed by atoms with Gasteiger partial charge in [-0.1, -0.05) is 12.1 Å². The van der Waals surface area contributed by atoms with Crippen LogP contribution in [0.2, 0.25) is 0 Å². The highest BCUT2D eigenvalue weighted by Crippen LogP contribution is 2.38. The van der Waals surface area contributed by atoms with E-state index in [1.807, 2.05) is 24.0 Å². The number of carboxylic acids is 1. The van der Waals surface area contributed by atoms with E-state index >= 15 is 0 Å². The van der Waals surface area contributed by atoms with Crippen molar-refractivity contribution in [2.45, 2.75) is 32.2 Å². The van der Waals surface area contributed by atoms with Gasteiger partial charge in [0.25, 0.3) is 5.91 Å². The number of aryl methyl sites for hydroxylation is 1. The van der Waals surface area contributed by atoms with E-state index < -0.39 is 5.97 Å². The summed E-state index contributed by atoms with van der Waals surface area (Å²) in [5, 5.41) is 8.69. The van der Waals surface area contributed by atoms with Crippen molar-refractivity contribution < 1.29 is 14.7 Å². The molecule has 0 radical (unpaired) electrons. The highest BCUT2D eigenvalue weighted by Gasteiger charge is 2.40. The normalized spacial score (nSPS) is 24.0. The molecule has 4 nitrogen and oxygen atoms in total. The Bertz CT molecular complexity index is 620. The van der Waals surface area contributed by atoms with Crippen LogP contribution in [0.1, 0.15) is 40.7 Å². The summed E-state index contributed by atoms with van der Waals surface area (Å²) in [5.41, 5.74) is 2.38. The van der Waals surface area contributed by atoms with Gasteiger partial charge in [-0.3, -0.25) is 4.79 Å². The summed E-state index contributed by atoms with van der Waals surface area (Å²) >= 11 is 0. The molecule has 21 heavy (non-hydrogen) atoms. The van der Waals surface area contributed by atoms with Crippen LogP contribution in [-0.2, 0) is 4.79 Å². The molecule has 1 aliphatic carbocycles. The maximum Gasteiger partial charge on any atom is 0.328 e. The number of nitrogens with zero attached hydrogens (tertiary/aromatic N) is 1. The van der Waals surface area contributed by atoms with Crippen molar-refractivity contribution in [1.29, 1.82) is 0 Å². The van der Waals surface area contributed by atoms with Gasteiger partial charge in [-0.05, 0) is 55.4 Å². The van der Waals surface area contributed by atoms with Crippen LogP contribution in [0.5, 0.6) is 0 Å². The summed E-state index contributed by atoms with van der Waals surface area (Å²) in [6, 6.07) is 5.91. The van der Waals surface area contributed by atoms with E-state index in [0.29, 0.717) is 17.5 Å². The lowest BCUT2D eigenvalue weighted by Gasteiger charge is -2.27. The molecule has 2 fully saturated rings. The molecule has 1 aliphatic heterocycles. The maximum atomic E-state index is 12.7. The van der Waals surface area contributed by atoms with Gasteiger partial charge in [0, 0.05) is 24.2 Å². The third-order valence-corrected chi connectivity index (χ3v) is 4.58. The number of carbonyl (C=O) groups excluding carboxylic acids is 1. The first-order valence-corrected chi connectivity index (χ1v) is 7.37. The number of rotatable bonds is 3. The average Bonchev–Trinajstić information content (AvgIpc) is 3.08. The largest absolute Gasteiger partial charge is 0.478 e. The fourth-order valence-electron chi connectivity index (χ4n) is 3.47. The van der Waals surface area contributed by atoms with Crippen molar-refractivity contribution in [1.82, 2.24) is 4.90 Å². The first kappa shape index (κ1) is 13.9. The molecule has 0 aromatic heterocycles. The standard InChI is InChI=1S/C17H19NO3/c1-11-2-3-12(5-7-16(19)20)9-15(11)17(21)18-10-13-4-6-14(18)8-13/h2-3,5,7,9,13-14H,4,6,8,10H2,1H3,(H,19,20). The number of piperidine rings is 1. The number of carbonyl (C=O) groups is 2. The maximum absolute atomic E-state index is 12.7. The molecular weight excluding hydrogens is 266 g/mol. The van der Waals surface area contributed by atoms with Gasteiger partial charge in [0.05, 0.1) is 0 Å². The summed E-state index contributed by atoms with van der Waals surface area (Å²) in [7, 11) is 0. The topological polar surface area (TPSA) is 57.6 Å².